The zero-order valence-corrected chi connectivity index (χ0v) is 14.7. The van der Waals surface area contributed by atoms with Gasteiger partial charge >= 0.3 is 0 Å². The lowest BCUT2D eigenvalue weighted by Gasteiger charge is -2.13. The minimum absolute atomic E-state index is 0.599. The molecular weight excluding hydrogens is 326 g/mol. The normalized spacial score (nSPS) is 10.8. The van der Waals surface area contributed by atoms with Crippen molar-refractivity contribution in [3.05, 3.63) is 77.6 Å². The fourth-order valence-electron chi connectivity index (χ4n) is 2.72. The molecule has 0 radical (unpaired) electrons. The smallest absolute Gasteiger partial charge is 0.178 e. The number of nitrogens with one attached hydrogen (secondary N) is 1. The SMILES string of the molecule is Cc1ccccc1Oc1ccccc1CNc1ccc2nnc(C)n2n1. The van der Waals surface area contributed by atoms with Crippen molar-refractivity contribution in [2.24, 2.45) is 0 Å². The zero-order valence-electron chi connectivity index (χ0n) is 14.7. The van der Waals surface area contributed by atoms with Crippen molar-refractivity contribution in [3.8, 4) is 11.5 Å². The Morgan fingerprint density at radius 1 is 0.885 bits per heavy atom. The van der Waals surface area contributed by atoms with E-state index in [0.717, 1.165) is 39.9 Å². The highest BCUT2D eigenvalue weighted by Crippen LogP contribution is 2.28. The molecule has 4 rings (SSSR count). The van der Waals surface area contributed by atoms with Gasteiger partial charge in [-0.05, 0) is 43.7 Å². The second-order valence-electron chi connectivity index (χ2n) is 6.06. The van der Waals surface area contributed by atoms with Crippen LogP contribution < -0.4 is 10.1 Å². The Morgan fingerprint density at radius 2 is 1.65 bits per heavy atom. The first-order valence-electron chi connectivity index (χ1n) is 8.45. The molecule has 0 bridgehead atoms. The lowest BCUT2D eigenvalue weighted by Crippen LogP contribution is -2.05. The van der Waals surface area contributed by atoms with Gasteiger partial charge in [-0.25, -0.2) is 0 Å². The number of aromatic nitrogens is 4. The van der Waals surface area contributed by atoms with Gasteiger partial charge in [-0.2, -0.15) is 4.52 Å². The van der Waals surface area contributed by atoms with Crippen molar-refractivity contribution in [2.75, 3.05) is 5.32 Å². The summed E-state index contributed by atoms with van der Waals surface area (Å²) in [7, 11) is 0. The number of nitrogens with zero attached hydrogens (tertiary/aromatic N) is 4. The number of benzene rings is 2. The van der Waals surface area contributed by atoms with E-state index in [1.54, 1.807) is 4.52 Å². The van der Waals surface area contributed by atoms with Crippen molar-refractivity contribution in [1.82, 2.24) is 19.8 Å². The van der Waals surface area contributed by atoms with Crippen molar-refractivity contribution in [2.45, 2.75) is 20.4 Å². The van der Waals surface area contributed by atoms with E-state index in [4.69, 9.17) is 4.74 Å². The van der Waals surface area contributed by atoms with Gasteiger partial charge < -0.3 is 10.1 Å². The average Bonchev–Trinajstić information content (AvgIpc) is 3.03. The fraction of sp³-hybridized carbons (Fsp3) is 0.150. The highest BCUT2D eigenvalue weighted by molar-refractivity contribution is 5.46. The molecule has 130 valence electrons. The number of aryl methyl sites for hydroxylation is 2. The number of hydrogen-bond donors (Lipinski definition) is 1. The number of para-hydroxylation sites is 2. The monoisotopic (exact) mass is 345 g/mol. The molecule has 0 atom stereocenters. The summed E-state index contributed by atoms with van der Waals surface area (Å²) < 4.78 is 7.84. The lowest BCUT2D eigenvalue weighted by molar-refractivity contribution is 0.473. The van der Waals surface area contributed by atoms with Gasteiger partial charge in [-0.3, -0.25) is 0 Å². The summed E-state index contributed by atoms with van der Waals surface area (Å²) >= 11 is 0. The number of rotatable bonds is 5. The van der Waals surface area contributed by atoms with Crippen molar-refractivity contribution < 1.29 is 4.74 Å². The summed E-state index contributed by atoms with van der Waals surface area (Å²) in [6.07, 6.45) is 0. The maximum Gasteiger partial charge on any atom is 0.178 e. The Hall–Kier alpha value is -3.41. The number of ether oxygens (including phenoxy) is 1. The quantitative estimate of drug-likeness (QED) is 0.589. The van der Waals surface area contributed by atoms with Crippen LogP contribution in [0, 0.1) is 13.8 Å². The molecule has 0 unspecified atom stereocenters. The van der Waals surface area contributed by atoms with E-state index in [-0.39, 0.29) is 0 Å². The second kappa shape index (κ2) is 6.84. The van der Waals surface area contributed by atoms with Gasteiger partial charge in [0, 0.05) is 12.1 Å². The molecular formula is C20H19N5O. The Balaban J connectivity index is 1.54. The van der Waals surface area contributed by atoms with Crippen LogP contribution in [0.3, 0.4) is 0 Å². The first-order valence-corrected chi connectivity index (χ1v) is 8.45. The van der Waals surface area contributed by atoms with Gasteiger partial charge in [0.2, 0.25) is 0 Å². The van der Waals surface area contributed by atoms with Crippen LogP contribution in [0.1, 0.15) is 17.0 Å². The molecule has 0 aliphatic carbocycles. The molecule has 2 aromatic carbocycles. The van der Waals surface area contributed by atoms with Crippen molar-refractivity contribution >= 4 is 11.5 Å². The summed E-state index contributed by atoms with van der Waals surface area (Å²) in [5, 5.41) is 15.9. The van der Waals surface area contributed by atoms with E-state index in [1.807, 2.05) is 74.5 Å². The summed E-state index contributed by atoms with van der Waals surface area (Å²) in [5.74, 6) is 3.20. The molecule has 0 aliphatic rings. The average molecular weight is 345 g/mol. The van der Waals surface area contributed by atoms with Crippen LogP contribution in [0.4, 0.5) is 5.82 Å². The van der Waals surface area contributed by atoms with Crippen molar-refractivity contribution in [3.63, 3.8) is 0 Å². The molecule has 26 heavy (non-hydrogen) atoms. The van der Waals surface area contributed by atoms with Gasteiger partial charge in [0.15, 0.2) is 11.5 Å². The molecule has 4 aromatic rings. The molecule has 0 amide bonds. The van der Waals surface area contributed by atoms with Gasteiger partial charge in [-0.1, -0.05) is 36.4 Å². The Morgan fingerprint density at radius 3 is 2.50 bits per heavy atom. The van der Waals surface area contributed by atoms with Crippen LogP contribution in [0.5, 0.6) is 11.5 Å². The standard InChI is InChI=1S/C20H19N5O/c1-14-7-3-5-9-17(14)26-18-10-6-4-8-16(18)13-21-19-11-12-20-23-22-15(2)25(20)24-19/h3-12H,13H2,1-2H3,(H,21,24). The molecule has 0 spiro atoms. The van der Waals surface area contributed by atoms with Crippen LogP contribution in [0.25, 0.3) is 5.65 Å². The third-order valence-corrected chi connectivity index (χ3v) is 4.16. The number of hydrogen-bond acceptors (Lipinski definition) is 5. The lowest BCUT2D eigenvalue weighted by atomic mass is 10.2. The van der Waals surface area contributed by atoms with E-state index >= 15 is 0 Å². The molecule has 6 heteroatoms. The topological polar surface area (TPSA) is 64.3 Å². The van der Waals surface area contributed by atoms with Crippen LogP contribution in [-0.4, -0.2) is 19.8 Å². The van der Waals surface area contributed by atoms with Crippen LogP contribution >= 0.6 is 0 Å². The van der Waals surface area contributed by atoms with Gasteiger partial charge in [0.1, 0.15) is 17.3 Å². The fourth-order valence-corrected chi connectivity index (χ4v) is 2.72. The minimum Gasteiger partial charge on any atom is -0.457 e. The molecule has 0 aliphatic heterocycles. The van der Waals surface area contributed by atoms with Crippen LogP contribution in [0.2, 0.25) is 0 Å². The maximum atomic E-state index is 6.12. The second-order valence-corrected chi connectivity index (χ2v) is 6.06. The molecule has 0 fully saturated rings. The van der Waals surface area contributed by atoms with E-state index < -0.39 is 0 Å². The Labute approximate surface area is 151 Å². The van der Waals surface area contributed by atoms with Crippen LogP contribution in [-0.2, 0) is 6.54 Å². The van der Waals surface area contributed by atoms with Gasteiger partial charge in [0.05, 0.1) is 0 Å². The predicted octanol–water partition coefficient (Wildman–Crippen LogP) is 4.15. The first-order chi connectivity index (χ1) is 12.7. The number of anilines is 1. The van der Waals surface area contributed by atoms with E-state index in [0.29, 0.717) is 6.54 Å². The van der Waals surface area contributed by atoms with Gasteiger partial charge in [-0.15, -0.1) is 15.3 Å². The molecule has 0 saturated carbocycles. The van der Waals surface area contributed by atoms with E-state index in [9.17, 15) is 0 Å². The van der Waals surface area contributed by atoms with Crippen LogP contribution in [0.15, 0.2) is 60.7 Å². The van der Waals surface area contributed by atoms with Gasteiger partial charge in [0.25, 0.3) is 0 Å². The Kier molecular flexibility index (Phi) is 4.23. The predicted molar refractivity (Wildman–Crippen MR) is 101 cm³/mol. The highest BCUT2D eigenvalue weighted by atomic mass is 16.5. The third kappa shape index (κ3) is 3.21. The molecule has 6 nitrogen and oxygen atoms in total. The molecule has 1 N–H and O–H groups in total. The van der Waals surface area contributed by atoms with Crippen molar-refractivity contribution in [1.29, 1.82) is 0 Å². The molecule has 2 heterocycles. The zero-order chi connectivity index (χ0) is 17.9. The summed E-state index contributed by atoms with van der Waals surface area (Å²) in [4.78, 5) is 0. The van der Waals surface area contributed by atoms with E-state index in [1.165, 1.54) is 0 Å². The Bertz CT molecular complexity index is 1060. The summed E-state index contributed by atoms with van der Waals surface area (Å²) in [5.41, 5.74) is 2.89. The summed E-state index contributed by atoms with van der Waals surface area (Å²) in [6, 6.07) is 19.8. The third-order valence-electron chi connectivity index (χ3n) is 4.16. The summed E-state index contributed by atoms with van der Waals surface area (Å²) in [6.45, 7) is 4.51. The first kappa shape index (κ1) is 16.1. The molecule has 2 aromatic heterocycles. The largest absolute Gasteiger partial charge is 0.457 e. The van der Waals surface area contributed by atoms with E-state index in [2.05, 4.69) is 20.6 Å². The highest BCUT2D eigenvalue weighted by Gasteiger charge is 2.08. The number of fused-ring (bicyclic) bond motifs is 1. The maximum absolute atomic E-state index is 6.12. The molecule has 0 saturated heterocycles. The minimum atomic E-state index is 0.599.